The van der Waals surface area contributed by atoms with E-state index in [9.17, 15) is 14.0 Å². The number of methoxy groups -OCH3 is 1. The Kier molecular flexibility index (Phi) is 7.60. The minimum Gasteiger partial charge on any atom is -0.497 e. The van der Waals surface area contributed by atoms with E-state index in [-0.39, 0.29) is 30.0 Å². The summed E-state index contributed by atoms with van der Waals surface area (Å²) in [6.07, 6.45) is 0.394. The summed E-state index contributed by atoms with van der Waals surface area (Å²) in [4.78, 5) is 29.2. The first kappa shape index (κ1) is 24.8. The van der Waals surface area contributed by atoms with Crippen LogP contribution in [-0.4, -0.2) is 50.7 Å². The lowest BCUT2D eigenvalue weighted by Crippen LogP contribution is -2.54. The van der Waals surface area contributed by atoms with Crippen molar-refractivity contribution in [2.75, 3.05) is 12.0 Å². The molecule has 0 saturated carbocycles. The lowest BCUT2D eigenvalue weighted by molar-refractivity contribution is -0.128. The van der Waals surface area contributed by atoms with Crippen molar-refractivity contribution < 1.29 is 18.7 Å². The van der Waals surface area contributed by atoms with Crippen LogP contribution in [0.25, 0.3) is 11.4 Å². The van der Waals surface area contributed by atoms with Gasteiger partial charge >= 0.3 is 0 Å². The minimum absolute atomic E-state index is 0.237. The van der Waals surface area contributed by atoms with E-state index in [1.807, 2.05) is 27.7 Å². The fourth-order valence-electron chi connectivity index (χ4n) is 3.40. The van der Waals surface area contributed by atoms with Crippen LogP contribution in [0.2, 0.25) is 0 Å². The zero-order valence-corrected chi connectivity index (χ0v) is 19.9. The fourth-order valence-corrected chi connectivity index (χ4v) is 3.40. The molecule has 0 bridgehead atoms. The summed E-state index contributed by atoms with van der Waals surface area (Å²) >= 11 is 0. The van der Waals surface area contributed by atoms with Crippen LogP contribution in [0.4, 0.5) is 10.1 Å². The monoisotopic (exact) mass is 468 g/mol. The maximum absolute atomic E-state index is 13.5. The molecule has 0 aliphatic carbocycles. The third kappa shape index (κ3) is 6.15. The van der Waals surface area contributed by atoms with E-state index in [1.165, 1.54) is 29.2 Å². The van der Waals surface area contributed by atoms with Gasteiger partial charge in [0.25, 0.3) is 5.91 Å². The summed E-state index contributed by atoms with van der Waals surface area (Å²) in [5, 5.41) is 15.1. The zero-order valence-electron chi connectivity index (χ0n) is 19.9. The van der Waals surface area contributed by atoms with Crippen LogP contribution in [0, 0.1) is 5.82 Å². The fraction of sp³-hybridized carbons (Fsp3) is 0.375. The molecule has 1 atom stereocenters. The number of benzene rings is 2. The second kappa shape index (κ2) is 10.4. The third-order valence-electron chi connectivity index (χ3n) is 4.95. The van der Waals surface area contributed by atoms with Crippen LogP contribution in [0.1, 0.15) is 34.1 Å². The Morgan fingerprint density at radius 2 is 1.76 bits per heavy atom. The van der Waals surface area contributed by atoms with E-state index in [1.54, 1.807) is 31.4 Å². The van der Waals surface area contributed by atoms with E-state index in [0.717, 1.165) is 4.80 Å². The number of hydrogen-bond acceptors (Lipinski definition) is 6. The van der Waals surface area contributed by atoms with Gasteiger partial charge in [-0.1, -0.05) is 6.92 Å². The van der Waals surface area contributed by atoms with Crippen molar-refractivity contribution in [1.29, 1.82) is 0 Å². The SMILES string of the molecule is CC[C@H](C(=O)NC(C)(C)C)N(C(=O)Cn1nnc(-c2ccc(F)cc2)n1)c1ccc(OC)cc1. The molecule has 0 spiro atoms. The molecule has 180 valence electrons. The molecule has 1 N–H and O–H groups in total. The molecule has 0 saturated heterocycles. The minimum atomic E-state index is -0.750. The zero-order chi connectivity index (χ0) is 24.9. The number of anilines is 1. The quantitative estimate of drug-likeness (QED) is 0.545. The van der Waals surface area contributed by atoms with Crippen molar-refractivity contribution in [3.8, 4) is 17.1 Å². The van der Waals surface area contributed by atoms with E-state index in [4.69, 9.17) is 4.74 Å². The molecule has 0 unspecified atom stereocenters. The smallest absolute Gasteiger partial charge is 0.251 e. The molecule has 1 heterocycles. The van der Waals surface area contributed by atoms with Crippen LogP contribution in [0.5, 0.6) is 5.75 Å². The average molecular weight is 469 g/mol. The molecule has 3 rings (SSSR count). The Balaban J connectivity index is 1.89. The average Bonchev–Trinajstić information content (AvgIpc) is 3.25. The number of tetrazole rings is 1. The summed E-state index contributed by atoms with van der Waals surface area (Å²) in [7, 11) is 1.55. The van der Waals surface area contributed by atoms with Crippen molar-refractivity contribution in [2.45, 2.75) is 52.2 Å². The molecule has 9 nitrogen and oxygen atoms in total. The number of carbonyl (C=O) groups excluding carboxylic acids is 2. The van der Waals surface area contributed by atoms with Crippen LogP contribution in [0.15, 0.2) is 48.5 Å². The predicted molar refractivity (Wildman–Crippen MR) is 126 cm³/mol. The molecule has 10 heteroatoms. The van der Waals surface area contributed by atoms with Gasteiger partial charge in [-0.2, -0.15) is 4.80 Å². The van der Waals surface area contributed by atoms with Crippen LogP contribution in [0.3, 0.4) is 0 Å². The Labute approximate surface area is 197 Å². The van der Waals surface area contributed by atoms with Gasteiger partial charge < -0.3 is 10.1 Å². The molecule has 0 fully saturated rings. The molecular weight excluding hydrogens is 439 g/mol. The number of rotatable bonds is 8. The van der Waals surface area contributed by atoms with Crippen LogP contribution < -0.4 is 15.0 Å². The number of ether oxygens (including phenoxy) is 1. The third-order valence-corrected chi connectivity index (χ3v) is 4.95. The van der Waals surface area contributed by atoms with Gasteiger partial charge in [-0.05, 0) is 80.9 Å². The van der Waals surface area contributed by atoms with E-state index < -0.39 is 11.6 Å². The molecule has 2 aromatic carbocycles. The second-order valence-corrected chi connectivity index (χ2v) is 8.78. The van der Waals surface area contributed by atoms with Gasteiger partial charge in [0, 0.05) is 16.8 Å². The molecule has 0 aliphatic heterocycles. The number of carbonyl (C=O) groups is 2. The lowest BCUT2D eigenvalue weighted by atomic mass is 10.1. The van der Waals surface area contributed by atoms with Crippen molar-refractivity contribution in [1.82, 2.24) is 25.5 Å². The Hall–Kier alpha value is -3.82. The summed E-state index contributed by atoms with van der Waals surface area (Å²) < 4.78 is 18.4. The first-order valence-corrected chi connectivity index (χ1v) is 10.9. The highest BCUT2D eigenvalue weighted by Gasteiger charge is 2.32. The van der Waals surface area contributed by atoms with Gasteiger partial charge in [0.2, 0.25) is 11.7 Å². The highest BCUT2D eigenvalue weighted by atomic mass is 19.1. The molecule has 0 radical (unpaired) electrons. The first-order chi connectivity index (χ1) is 16.1. The summed E-state index contributed by atoms with van der Waals surface area (Å²) in [5.74, 6) is -0.131. The summed E-state index contributed by atoms with van der Waals surface area (Å²) in [5.41, 5.74) is 0.653. The van der Waals surface area contributed by atoms with Gasteiger partial charge in [0.05, 0.1) is 7.11 Å². The molecular formula is C24H29FN6O3. The maximum atomic E-state index is 13.5. The second-order valence-electron chi connectivity index (χ2n) is 8.78. The molecule has 34 heavy (non-hydrogen) atoms. The predicted octanol–water partition coefficient (Wildman–Crippen LogP) is 3.21. The van der Waals surface area contributed by atoms with Crippen molar-refractivity contribution >= 4 is 17.5 Å². The summed E-state index contributed by atoms with van der Waals surface area (Å²) in [6, 6.07) is 11.8. The van der Waals surface area contributed by atoms with Crippen LogP contribution in [-0.2, 0) is 16.1 Å². The highest BCUT2D eigenvalue weighted by molar-refractivity contribution is 6.00. The molecule has 0 aliphatic rings. The van der Waals surface area contributed by atoms with Gasteiger partial charge in [0.1, 0.15) is 24.2 Å². The highest BCUT2D eigenvalue weighted by Crippen LogP contribution is 2.24. The number of amides is 2. The van der Waals surface area contributed by atoms with Gasteiger partial charge in [-0.15, -0.1) is 10.2 Å². The number of aromatic nitrogens is 4. The largest absolute Gasteiger partial charge is 0.497 e. The Bertz CT molecular complexity index is 1120. The van der Waals surface area contributed by atoms with Crippen molar-refractivity contribution in [2.24, 2.45) is 0 Å². The van der Waals surface area contributed by atoms with Crippen molar-refractivity contribution in [3.63, 3.8) is 0 Å². The van der Waals surface area contributed by atoms with E-state index >= 15 is 0 Å². The number of hydrogen-bond donors (Lipinski definition) is 1. The van der Waals surface area contributed by atoms with Crippen LogP contribution >= 0.6 is 0 Å². The van der Waals surface area contributed by atoms with Crippen molar-refractivity contribution in [3.05, 3.63) is 54.3 Å². The molecule has 1 aromatic heterocycles. The normalized spacial score (nSPS) is 12.2. The lowest BCUT2D eigenvalue weighted by Gasteiger charge is -2.33. The maximum Gasteiger partial charge on any atom is 0.251 e. The molecule has 3 aromatic rings. The topological polar surface area (TPSA) is 102 Å². The number of halogens is 1. The summed E-state index contributed by atoms with van der Waals surface area (Å²) in [6.45, 7) is 7.25. The number of nitrogens with one attached hydrogen (secondary N) is 1. The standard InChI is InChI=1S/C24H29FN6O3/c1-6-20(23(33)26-24(2,3)4)31(18-11-13-19(34-5)14-12-18)21(32)15-30-28-22(27-29-30)16-7-9-17(25)10-8-16/h7-14,20H,6,15H2,1-5H3,(H,26,33)/t20-/m1/s1. The first-order valence-electron chi connectivity index (χ1n) is 10.9. The van der Waals surface area contributed by atoms with E-state index in [0.29, 0.717) is 23.4 Å². The Morgan fingerprint density at radius 3 is 2.32 bits per heavy atom. The van der Waals surface area contributed by atoms with Gasteiger partial charge in [-0.3, -0.25) is 14.5 Å². The number of nitrogens with zero attached hydrogens (tertiary/aromatic N) is 5. The van der Waals surface area contributed by atoms with E-state index in [2.05, 4.69) is 20.7 Å². The Morgan fingerprint density at radius 1 is 1.12 bits per heavy atom. The van der Waals surface area contributed by atoms with Gasteiger partial charge in [-0.25, -0.2) is 4.39 Å². The molecule has 2 amide bonds. The van der Waals surface area contributed by atoms with Gasteiger partial charge in [0.15, 0.2) is 0 Å².